The fraction of sp³-hybridized carbons (Fsp3) is 0.304. The molecule has 0 bridgehead atoms. The Hall–Kier alpha value is -3.21. The van der Waals surface area contributed by atoms with Crippen LogP contribution in [0, 0.1) is 5.82 Å². The van der Waals surface area contributed by atoms with Gasteiger partial charge in [0.1, 0.15) is 10.8 Å². The van der Waals surface area contributed by atoms with Crippen LogP contribution in [-0.2, 0) is 17.9 Å². The molecule has 3 aromatic rings. The number of rotatable bonds is 8. The molecule has 4 rings (SSSR count). The molecule has 1 aromatic heterocycles. The highest BCUT2D eigenvalue weighted by atomic mass is 32.1. The Morgan fingerprint density at radius 3 is 2.36 bits per heavy atom. The summed E-state index contributed by atoms with van der Waals surface area (Å²) in [7, 11) is 0. The Morgan fingerprint density at radius 1 is 0.939 bits per heavy atom. The largest absolute Gasteiger partial charge is 0.346 e. The molecule has 1 saturated heterocycles. The van der Waals surface area contributed by atoms with Gasteiger partial charge in [0.2, 0.25) is 10.9 Å². The third-order valence-corrected chi connectivity index (χ3v) is 6.18. The van der Waals surface area contributed by atoms with Crippen LogP contribution in [0.4, 0.5) is 10.1 Å². The molecular weight excluding hydrogens is 443 g/mol. The fourth-order valence-corrected chi connectivity index (χ4v) is 4.29. The van der Waals surface area contributed by atoms with Gasteiger partial charge in [-0.2, -0.15) is 0 Å². The average molecular weight is 469 g/mol. The van der Waals surface area contributed by atoms with E-state index in [1.54, 1.807) is 12.1 Å². The van der Waals surface area contributed by atoms with Gasteiger partial charge in [0.15, 0.2) is 0 Å². The van der Waals surface area contributed by atoms with E-state index in [0.29, 0.717) is 24.6 Å². The van der Waals surface area contributed by atoms with Crippen LogP contribution in [0.15, 0.2) is 54.6 Å². The third kappa shape index (κ3) is 6.88. The van der Waals surface area contributed by atoms with Gasteiger partial charge in [0.05, 0.1) is 13.1 Å². The average Bonchev–Trinajstić information content (AvgIpc) is 3.29. The van der Waals surface area contributed by atoms with E-state index >= 15 is 0 Å². The predicted molar refractivity (Wildman–Crippen MR) is 124 cm³/mol. The first-order chi connectivity index (χ1) is 16.0. The molecule has 2 amide bonds. The molecule has 0 saturated carbocycles. The molecule has 1 fully saturated rings. The SMILES string of the molecule is O=C(CN1CCN(Cc2nnc(C(=O)NCc3ccc(F)cc3)s2)CC1)Nc1ccccc1. The maximum absolute atomic E-state index is 13.0. The lowest BCUT2D eigenvalue weighted by Gasteiger charge is -2.33. The lowest BCUT2D eigenvalue weighted by molar-refractivity contribution is -0.117. The third-order valence-electron chi connectivity index (χ3n) is 5.28. The maximum atomic E-state index is 13.0. The van der Waals surface area contributed by atoms with Gasteiger partial charge >= 0.3 is 0 Å². The van der Waals surface area contributed by atoms with Crippen molar-refractivity contribution in [3.63, 3.8) is 0 Å². The first kappa shape index (κ1) is 23.0. The lowest BCUT2D eigenvalue weighted by Crippen LogP contribution is -2.48. The van der Waals surface area contributed by atoms with Crippen LogP contribution < -0.4 is 10.6 Å². The predicted octanol–water partition coefficient (Wildman–Crippen LogP) is 2.36. The van der Waals surface area contributed by atoms with E-state index in [9.17, 15) is 14.0 Å². The van der Waals surface area contributed by atoms with Crippen molar-refractivity contribution in [2.24, 2.45) is 0 Å². The molecule has 0 aliphatic carbocycles. The number of aromatic nitrogens is 2. The van der Waals surface area contributed by atoms with Gasteiger partial charge in [-0.15, -0.1) is 10.2 Å². The van der Waals surface area contributed by atoms with Gasteiger partial charge in [-0.3, -0.25) is 19.4 Å². The summed E-state index contributed by atoms with van der Waals surface area (Å²) in [6.45, 7) is 4.47. The smallest absolute Gasteiger partial charge is 0.282 e. The topological polar surface area (TPSA) is 90.5 Å². The summed E-state index contributed by atoms with van der Waals surface area (Å²) in [6.07, 6.45) is 0. The molecular formula is C23H25FN6O2S. The quantitative estimate of drug-likeness (QED) is 0.528. The number of halogens is 1. The molecule has 0 unspecified atom stereocenters. The molecule has 2 N–H and O–H groups in total. The second-order valence-electron chi connectivity index (χ2n) is 7.78. The standard InChI is InChI=1S/C23H25FN6O2S/c24-18-8-6-17(7-9-18)14-25-22(32)23-28-27-21(33-23)16-30-12-10-29(11-13-30)15-20(31)26-19-4-2-1-3-5-19/h1-9H,10-16H2,(H,25,32)(H,26,31). The van der Waals surface area contributed by atoms with Crippen LogP contribution in [0.3, 0.4) is 0 Å². The van der Waals surface area contributed by atoms with E-state index in [1.165, 1.54) is 23.5 Å². The summed E-state index contributed by atoms with van der Waals surface area (Å²) in [6, 6.07) is 15.4. The summed E-state index contributed by atoms with van der Waals surface area (Å²) in [4.78, 5) is 28.9. The minimum atomic E-state index is -0.310. The zero-order chi connectivity index (χ0) is 23.0. The summed E-state index contributed by atoms with van der Waals surface area (Å²) in [5.41, 5.74) is 1.61. The molecule has 33 heavy (non-hydrogen) atoms. The first-order valence-electron chi connectivity index (χ1n) is 10.7. The summed E-state index contributed by atoms with van der Waals surface area (Å²) >= 11 is 1.27. The van der Waals surface area contributed by atoms with Crippen LogP contribution in [0.2, 0.25) is 0 Å². The second kappa shape index (κ2) is 11.1. The summed E-state index contributed by atoms with van der Waals surface area (Å²) < 4.78 is 13.0. The van der Waals surface area contributed by atoms with E-state index in [-0.39, 0.29) is 17.6 Å². The number of carbonyl (C=O) groups excluding carboxylic acids is 2. The zero-order valence-electron chi connectivity index (χ0n) is 18.0. The van der Waals surface area contributed by atoms with Gasteiger partial charge in [-0.1, -0.05) is 41.7 Å². The van der Waals surface area contributed by atoms with Gasteiger partial charge in [0, 0.05) is 38.4 Å². The molecule has 0 atom stereocenters. The summed E-state index contributed by atoms with van der Waals surface area (Å²) in [5.74, 6) is -0.623. The number of piperazine rings is 1. The maximum Gasteiger partial charge on any atom is 0.282 e. The van der Waals surface area contributed by atoms with Gasteiger partial charge in [-0.25, -0.2) is 4.39 Å². The van der Waals surface area contributed by atoms with Crippen molar-refractivity contribution < 1.29 is 14.0 Å². The monoisotopic (exact) mass is 468 g/mol. The van der Waals surface area contributed by atoms with E-state index in [4.69, 9.17) is 0 Å². The highest BCUT2D eigenvalue weighted by Crippen LogP contribution is 2.14. The number of hydrogen-bond donors (Lipinski definition) is 2. The van der Waals surface area contributed by atoms with Crippen molar-refractivity contribution >= 4 is 28.8 Å². The van der Waals surface area contributed by atoms with Crippen molar-refractivity contribution in [3.05, 3.63) is 76.0 Å². The molecule has 1 aliphatic heterocycles. The van der Waals surface area contributed by atoms with Crippen molar-refractivity contribution in [2.45, 2.75) is 13.1 Å². The number of anilines is 1. The molecule has 1 aliphatic rings. The van der Waals surface area contributed by atoms with E-state index in [2.05, 4.69) is 30.6 Å². The number of hydrogen-bond acceptors (Lipinski definition) is 7. The normalized spacial score (nSPS) is 14.7. The molecule has 2 heterocycles. The van der Waals surface area contributed by atoms with E-state index in [1.807, 2.05) is 30.3 Å². The Balaban J connectivity index is 1.19. The van der Waals surface area contributed by atoms with Crippen LogP contribution in [0.5, 0.6) is 0 Å². The van der Waals surface area contributed by atoms with Crippen LogP contribution in [0.25, 0.3) is 0 Å². The second-order valence-corrected chi connectivity index (χ2v) is 8.84. The molecule has 0 spiro atoms. The minimum absolute atomic E-state index is 0.0185. The molecule has 0 radical (unpaired) electrons. The highest BCUT2D eigenvalue weighted by molar-refractivity contribution is 7.13. The van der Waals surface area contributed by atoms with Crippen molar-refractivity contribution in [1.29, 1.82) is 0 Å². The summed E-state index contributed by atoms with van der Waals surface area (Å²) in [5, 5.41) is 14.9. The molecule has 10 heteroatoms. The Bertz CT molecular complexity index is 1070. The minimum Gasteiger partial charge on any atom is -0.346 e. The van der Waals surface area contributed by atoms with Gasteiger partial charge in [-0.05, 0) is 29.8 Å². The molecule has 8 nitrogen and oxygen atoms in total. The van der Waals surface area contributed by atoms with Gasteiger partial charge in [0.25, 0.3) is 5.91 Å². The Kier molecular flexibility index (Phi) is 7.71. The number of benzene rings is 2. The number of nitrogens with one attached hydrogen (secondary N) is 2. The van der Waals surface area contributed by atoms with Crippen molar-refractivity contribution in [1.82, 2.24) is 25.3 Å². The number of nitrogens with zero attached hydrogens (tertiary/aromatic N) is 4. The van der Waals surface area contributed by atoms with Crippen LogP contribution in [0.1, 0.15) is 20.4 Å². The number of para-hydroxylation sites is 1. The molecule has 172 valence electrons. The van der Waals surface area contributed by atoms with Crippen LogP contribution >= 0.6 is 11.3 Å². The zero-order valence-corrected chi connectivity index (χ0v) is 18.9. The van der Waals surface area contributed by atoms with Crippen LogP contribution in [-0.4, -0.2) is 64.5 Å². The Labute approximate surface area is 195 Å². The highest BCUT2D eigenvalue weighted by Gasteiger charge is 2.21. The van der Waals surface area contributed by atoms with Crippen molar-refractivity contribution in [2.75, 3.05) is 38.0 Å². The first-order valence-corrected chi connectivity index (χ1v) is 11.5. The van der Waals surface area contributed by atoms with E-state index in [0.717, 1.165) is 42.4 Å². The van der Waals surface area contributed by atoms with Gasteiger partial charge < -0.3 is 10.6 Å². The lowest BCUT2D eigenvalue weighted by atomic mass is 10.2. The fourth-order valence-electron chi connectivity index (χ4n) is 3.49. The molecule has 2 aromatic carbocycles. The number of amides is 2. The van der Waals surface area contributed by atoms with E-state index < -0.39 is 0 Å². The van der Waals surface area contributed by atoms with Crippen molar-refractivity contribution in [3.8, 4) is 0 Å². The number of carbonyl (C=O) groups is 2. The Morgan fingerprint density at radius 2 is 1.64 bits per heavy atom.